The fourth-order valence-corrected chi connectivity index (χ4v) is 2.92. The Morgan fingerprint density at radius 1 is 1.36 bits per heavy atom. The topological polar surface area (TPSA) is 40.1 Å². The van der Waals surface area contributed by atoms with Crippen LogP contribution in [0.4, 0.5) is 0 Å². The zero-order valence-electron chi connectivity index (χ0n) is 14.8. The Morgan fingerprint density at radius 3 is 2.64 bits per heavy atom. The van der Waals surface area contributed by atoms with Gasteiger partial charge >= 0.3 is 0 Å². The van der Waals surface area contributed by atoms with Gasteiger partial charge in [-0.3, -0.25) is 4.99 Å². The van der Waals surface area contributed by atoms with Gasteiger partial charge < -0.3 is 19.9 Å². The number of halogens is 1. The molecule has 0 bridgehead atoms. The van der Waals surface area contributed by atoms with Crippen LogP contribution in [0.15, 0.2) is 4.99 Å². The first-order valence-corrected chi connectivity index (χ1v) is 8.17. The lowest BCUT2D eigenvalue weighted by molar-refractivity contribution is 0.156. The van der Waals surface area contributed by atoms with Gasteiger partial charge in [0.25, 0.3) is 0 Å². The summed E-state index contributed by atoms with van der Waals surface area (Å²) in [5.41, 5.74) is 0.460. The first-order chi connectivity index (χ1) is 9.88. The van der Waals surface area contributed by atoms with Crippen molar-refractivity contribution in [2.45, 2.75) is 39.2 Å². The summed E-state index contributed by atoms with van der Waals surface area (Å²) in [5.74, 6) is 1.07. The summed E-state index contributed by atoms with van der Waals surface area (Å²) in [6, 6.07) is 0. The third-order valence-electron chi connectivity index (χ3n) is 5.08. The number of hydrogen-bond acceptors (Lipinski definition) is 3. The third kappa shape index (κ3) is 4.71. The van der Waals surface area contributed by atoms with Gasteiger partial charge in [0.2, 0.25) is 0 Å². The Morgan fingerprint density at radius 2 is 2.09 bits per heavy atom. The molecule has 1 spiro atoms. The van der Waals surface area contributed by atoms with E-state index < -0.39 is 0 Å². The predicted molar refractivity (Wildman–Crippen MR) is 103 cm³/mol. The zero-order valence-corrected chi connectivity index (χ0v) is 17.1. The smallest absolute Gasteiger partial charge is 0.194 e. The first kappa shape index (κ1) is 20.0. The molecule has 2 rings (SSSR count). The van der Waals surface area contributed by atoms with E-state index in [0.29, 0.717) is 5.41 Å². The van der Waals surface area contributed by atoms with Crippen LogP contribution in [0.25, 0.3) is 0 Å². The molecule has 2 saturated heterocycles. The number of nitrogens with one attached hydrogen (secondary N) is 1. The molecule has 0 aromatic heterocycles. The highest BCUT2D eigenvalue weighted by molar-refractivity contribution is 14.0. The molecule has 0 aliphatic carbocycles. The molecule has 2 aliphatic heterocycles. The van der Waals surface area contributed by atoms with Crippen LogP contribution in [0.1, 0.15) is 33.6 Å². The van der Waals surface area contributed by atoms with E-state index in [2.05, 4.69) is 50.0 Å². The normalized spacial score (nSPS) is 25.9. The number of rotatable bonds is 4. The van der Waals surface area contributed by atoms with Crippen molar-refractivity contribution in [1.82, 2.24) is 15.1 Å². The van der Waals surface area contributed by atoms with Crippen LogP contribution in [0.3, 0.4) is 0 Å². The molecule has 1 N–H and O–H groups in total. The summed E-state index contributed by atoms with van der Waals surface area (Å²) in [4.78, 5) is 9.54. The van der Waals surface area contributed by atoms with Crippen LogP contribution >= 0.6 is 24.0 Å². The van der Waals surface area contributed by atoms with E-state index in [1.807, 2.05) is 0 Å². The van der Waals surface area contributed by atoms with E-state index in [9.17, 15) is 0 Å². The number of guanidine groups is 1. The number of hydrogen-bond donors (Lipinski definition) is 1. The highest BCUT2D eigenvalue weighted by Gasteiger charge is 2.42. The van der Waals surface area contributed by atoms with Crippen LogP contribution < -0.4 is 5.32 Å². The average molecular weight is 424 g/mol. The van der Waals surface area contributed by atoms with Crippen molar-refractivity contribution in [3.8, 4) is 0 Å². The number of nitrogens with zero attached hydrogens (tertiary/aromatic N) is 3. The van der Waals surface area contributed by atoms with E-state index in [0.717, 1.165) is 45.4 Å². The second-order valence-electron chi connectivity index (χ2n) is 7.35. The van der Waals surface area contributed by atoms with Gasteiger partial charge in [0.15, 0.2) is 5.96 Å². The highest BCUT2D eigenvalue weighted by Crippen LogP contribution is 2.38. The summed E-state index contributed by atoms with van der Waals surface area (Å²) in [5, 5.41) is 3.46. The van der Waals surface area contributed by atoms with Crippen LogP contribution in [0, 0.1) is 5.41 Å². The molecule has 2 aliphatic rings. The van der Waals surface area contributed by atoms with Gasteiger partial charge in [-0.1, -0.05) is 0 Å². The molecule has 130 valence electrons. The Balaban J connectivity index is 0.00000242. The molecule has 2 heterocycles. The molecule has 1 unspecified atom stereocenters. The van der Waals surface area contributed by atoms with E-state index in [1.165, 1.54) is 12.8 Å². The number of likely N-dealkylation sites (N-methyl/N-ethyl adjacent to an activating group) is 1. The largest absolute Gasteiger partial charge is 0.381 e. The van der Waals surface area contributed by atoms with Gasteiger partial charge in [0.1, 0.15) is 0 Å². The summed E-state index contributed by atoms with van der Waals surface area (Å²) in [6.45, 7) is 12.4. The van der Waals surface area contributed by atoms with Gasteiger partial charge in [0.05, 0.1) is 13.2 Å². The second kappa shape index (κ2) is 8.15. The average Bonchev–Trinajstić information content (AvgIpc) is 3.05. The highest BCUT2D eigenvalue weighted by atomic mass is 127. The van der Waals surface area contributed by atoms with Gasteiger partial charge in [0, 0.05) is 37.2 Å². The summed E-state index contributed by atoms with van der Waals surface area (Å²) in [6.07, 6.45) is 2.43. The van der Waals surface area contributed by atoms with Gasteiger partial charge in [-0.05, 0) is 47.7 Å². The summed E-state index contributed by atoms with van der Waals surface area (Å²) < 4.78 is 5.62. The van der Waals surface area contributed by atoms with E-state index in [4.69, 9.17) is 9.73 Å². The third-order valence-corrected chi connectivity index (χ3v) is 5.08. The van der Waals surface area contributed by atoms with Gasteiger partial charge in [-0.25, -0.2) is 0 Å². The minimum Gasteiger partial charge on any atom is -0.381 e. The quantitative estimate of drug-likeness (QED) is 0.426. The molecular weight excluding hydrogens is 391 g/mol. The van der Waals surface area contributed by atoms with E-state index >= 15 is 0 Å². The number of aliphatic imine (C=N–C) groups is 1. The maximum Gasteiger partial charge on any atom is 0.194 e. The molecular formula is C16H33IN4O. The Labute approximate surface area is 152 Å². The molecule has 0 radical (unpaired) electrons. The molecule has 0 amide bonds. The molecule has 1 atom stereocenters. The molecule has 0 aromatic rings. The molecule has 22 heavy (non-hydrogen) atoms. The van der Waals surface area contributed by atoms with Gasteiger partial charge in [-0.15, -0.1) is 24.0 Å². The van der Waals surface area contributed by atoms with Crippen LogP contribution in [0.2, 0.25) is 0 Å². The fraction of sp³-hybridized carbons (Fsp3) is 0.938. The maximum absolute atomic E-state index is 5.62. The lowest BCUT2D eigenvalue weighted by Crippen LogP contribution is -2.45. The van der Waals surface area contributed by atoms with E-state index in [1.54, 1.807) is 0 Å². The number of likely N-dealkylation sites (tertiary alicyclic amines) is 1. The Bertz CT molecular complexity index is 378. The lowest BCUT2D eigenvalue weighted by atomic mass is 9.87. The summed E-state index contributed by atoms with van der Waals surface area (Å²) >= 11 is 0. The SMILES string of the molecule is CCNC(=NCC(C)(C)N(C)C)N1CCC2(CCOC2)C1.I. The van der Waals surface area contributed by atoms with Gasteiger partial charge in [-0.2, -0.15) is 0 Å². The van der Waals surface area contributed by atoms with Crippen molar-refractivity contribution in [1.29, 1.82) is 0 Å². The molecule has 0 aromatic carbocycles. The first-order valence-electron chi connectivity index (χ1n) is 8.17. The minimum absolute atomic E-state index is 0. The van der Waals surface area contributed by atoms with Crippen molar-refractivity contribution in [3.05, 3.63) is 0 Å². The van der Waals surface area contributed by atoms with E-state index in [-0.39, 0.29) is 29.5 Å². The zero-order chi connectivity index (χ0) is 15.5. The van der Waals surface area contributed by atoms with Crippen LogP contribution in [-0.4, -0.2) is 74.8 Å². The monoisotopic (exact) mass is 424 g/mol. The van der Waals surface area contributed by atoms with Crippen molar-refractivity contribution in [2.24, 2.45) is 10.4 Å². The van der Waals surface area contributed by atoms with Crippen molar-refractivity contribution >= 4 is 29.9 Å². The van der Waals surface area contributed by atoms with Crippen LogP contribution in [-0.2, 0) is 4.74 Å². The van der Waals surface area contributed by atoms with Crippen molar-refractivity contribution in [3.63, 3.8) is 0 Å². The van der Waals surface area contributed by atoms with Crippen LogP contribution in [0.5, 0.6) is 0 Å². The fourth-order valence-electron chi connectivity index (χ4n) is 2.92. The minimum atomic E-state index is 0. The Kier molecular flexibility index (Phi) is 7.39. The molecule has 5 nitrogen and oxygen atoms in total. The van der Waals surface area contributed by atoms with Crippen molar-refractivity contribution < 1.29 is 4.74 Å². The molecule has 6 heteroatoms. The lowest BCUT2D eigenvalue weighted by Gasteiger charge is -2.32. The standard InChI is InChI=1S/C16H32N4O.HI/c1-6-17-14(18-11-15(2,3)19(4)5)20-9-7-16(12-20)8-10-21-13-16;/h6-13H2,1-5H3,(H,17,18);1H. The summed E-state index contributed by atoms with van der Waals surface area (Å²) in [7, 11) is 4.23. The predicted octanol–water partition coefficient (Wildman–Crippen LogP) is 2.02. The Hall–Kier alpha value is -0.0800. The molecule has 0 saturated carbocycles. The maximum atomic E-state index is 5.62. The number of ether oxygens (including phenoxy) is 1. The van der Waals surface area contributed by atoms with Crippen molar-refractivity contribution in [2.75, 3.05) is 53.5 Å². The molecule has 2 fully saturated rings. The second-order valence-corrected chi connectivity index (χ2v) is 7.35.